The highest BCUT2D eigenvalue weighted by atomic mass is 16.8. The van der Waals surface area contributed by atoms with E-state index in [2.05, 4.69) is 19.2 Å². The Balaban J connectivity index is 1.38. The number of amides is 1. The molecule has 3 aliphatic rings. The smallest absolute Gasteiger partial charge is 0.220 e. The monoisotopic (exact) mass is 1320 g/mol. The summed E-state index contributed by atoms with van der Waals surface area (Å²) in [6.07, 6.45) is 36.3. The second-order valence-electron chi connectivity index (χ2n) is 27.5. The average molecular weight is 1320 g/mol. The molecule has 12 N–H and O–H groups in total. The molecule has 3 rings (SSSR count). The maximum absolute atomic E-state index is 13.4. The lowest BCUT2D eigenvalue weighted by Gasteiger charge is -2.48. The average Bonchev–Trinajstić information content (AvgIpc) is 0.835. The molecule has 3 aliphatic heterocycles. The summed E-state index contributed by atoms with van der Waals surface area (Å²) in [5.41, 5.74) is 0. The standard InChI is InChI=1S/C73H139NO18/c1-3-5-7-9-11-13-15-17-19-21-22-23-24-25-26-27-28-29-30-31-32-33-35-36-38-40-42-44-46-48-50-57(78)56(74-61(79)51-49-47-45-43-41-39-37-34-20-18-16-14-12-10-8-6-4-2)55-87-71-67(85)64(82)69(59(53-76)89-71)92-73-68(86)65(83)70(60(54-77)90-73)91-72-66(84)63(81)62(80)58(52-75)88-72/h48,50,56-60,62-73,75-78,80-86H,3-47,49,51-55H2,1-2H3,(H,74,79)/b50-48+. The largest absolute Gasteiger partial charge is 0.394 e. The van der Waals surface area contributed by atoms with Crippen molar-refractivity contribution in [3.63, 3.8) is 0 Å². The molecule has 0 aliphatic carbocycles. The summed E-state index contributed by atoms with van der Waals surface area (Å²) in [6.45, 7) is 1.79. The maximum atomic E-state index is 13.4. The lowest BCUT2D eigenvalue weighted by Crippen LogP contribution is -2.66. The highest BCUT2D eigenvalue weighted by molar-refractivity contribution is 5.76. The molecular formula is C73H139NO18. The minimum atomic E-state index is -1.98. The number of rotatable bonds is 60. The summed E-state index contributed by atoms with van der Waals surface area (Å²) < 4.78 is 34.4. The molecular weight excluding hydrogens is 1180 g/mol. The van der Waals surface area contributed by atoms with Crippen LogP contribution < -0.4 is 5.32 Å². The van der Waals surface area contributed by atoms with Gasteiger partial charge in [-0.15, -0.1) is 0 Å². The van der Waals surface area contributed by atoms with E-state index in [4.69, 9.17) is 28.4 Å². The Kier molecular flexibility index (Phi) is 51.0. The van der Waals surface area contributed by atoms with Gasteiger partial charge in [-0.3, -0.25) is 4.79 Å². The van der Waals surface area contributed by atoms with Gasteiger partial charge in [0.1, 0.15) is 73.2 Å². The zero-order valence-electron chi connectivity index (χ0n) is 57.8. The molecule has 0 bridgehead atoms. The van der Waals surface area contributed by atoms with Crippen LogP contribution in [0.25, 0.3) is 0 Å². The Labute approximate surface area is 556 Å². The zero-order valence-corrected chi connectivity index (χ0v) is 57.8. The van der Waals surface area contributed by atoms with E-state index < -0.39 is 124 Å². The predicted octanol–water partition coefficient (Wildman–Crippen LogP) is 11.2. The highest BCUT2D eigenvalue weighted by Crippen LogP contribution is 2.33. The zero-order chi connectivity index (χ0) is 66.8. The van der Waals surface area contributed by atoms with Crippen LogP contribution in [0.2, 0.25) is 0 Å². The van der Waals surface area contributed by atoms with Crippen LogP contribution in [0.5, 0.6) is 0 Å². The van der Waals surface area contributed by atoms with Crippen LogP contribution >= 0.6 is 0 Å². The normalized spacial score (nSPS) is 27.7. The second kappa shape index (κ2) is 55.4. The molecule has 1 amide bonds. The van der Waals surface area contributed by atoms with Crippen LogP contribution in [0.3, 0.4) is 0 Å². The molecule has 0 aromatic carbocycles. The van der Waals surface area contributed by atoms with Crippen LogP contribution in [0.1, 0.15) is 316 Å². The quantitative estimate of drug-likeness (QED) is 0.0199. The third kappa shape index (κ3) is 36.4. The Morgan fingerprint density at radius 3 is 1.02 bits per heavy atom. The van der Waals surface area contributed by atoms with Gasteiger partial charge in [-0.2, -0.15) is 0 Å². The molecule has 0 saturated carbocycles. The van der Waals surface area contributed by atoms with Crippen molar-refractivity contribution >= 4 is 5.91 Å². The summed E-state index contributed by atoms with van der Waals surface area (Å²) in [4.78, 5) is 13.4. The molecule has 19 nitrogen and oxygen atoms in total. The first-order chi connectivity index (χ1) is 44.8. The van der Waals surface area contributed by atoms with Crippen LogP contribution in [0.4, 0.5) is 0 Å². The number of unbranched alkanes of at least 4 members (excludes halogenated alkanes) is 44. The lowest BCUT2D eigenvalue weighted by atomic mass is 9.96. The number of hydrogen-bond acceptors (Lipinski definition) is 18. The maximum Gasteiger partial charge on any atom is 0.220 e. The van der Waals surface area contributed by atoms with Crippen LogP contribution in [0, 0.1) is 0 Å². The first-order valence-electron chi connectivity index (χ1n) is 37.9. The topological polar surface area (TPSA) is 307 Å². The molecule has 0 spiro atoms. The second-order valence-corrected chi connectivity index (χ2v) is 27.5. The first kappa shape index (κ1) is 84.8. The SMILES string of the molecule is CCCCCCCCCCCCCCCCCCCCCCCCCCCCCC/C=C/C(O)C(COC1OC(CO)C(OC2OC(CO)C(OC3OC(CO)C(O)C(O)C3O)C(O)C2O)C(O)C1O)NC(=O)CCCCCCCCCCCCCCCCCCC. The summed E-state index contributed by atoms with van der Waals surface area (Å²) in [5.74, 6) is -0.269. The molecule has 0 radical (unpaired) electrons. The van der Waals surface area contributed by atoms with Gasteiger partial charge in [0.05, 0.1) is 38.6 Å². The van der Waals surface area contributed by atoms with Gasteiger partial charge in [-0.1, -0.05) is 302 Å². The number of hydrogen-bond donors (Lipinski definition) is 12. The van der Waals surface area contributed by atoms with Gasteiger partial charge < -0.3 is 89.9 Å². The molecule has 92 heavy (non-hydrogen) atoms. The van der Waals surface area contributed by atoms with Gasteiger partial charge in [-0.25, -0.2) is 0 Å². The number of carbonyl (C=O) groups excluding carboxylic acids is 1. The van der Waals surface area contributed by atoms with Crippen molar-refractivity contribution in [1.82, 2.24) is 5.32 Å². The van der Waals surface area contributed by atoms with Crippen molar-refractivity contribution in [3.05, 3.63) is 12.2 Å². The van der Waals surface area contributed by atoms with Gasteiger partial charge in [0.2, 0.25) is 5.91 Å². The third-order valence-electron chi connectivity index (χ3n) is 19.3. The summed E-state index contributed by atoms with van der Waals surface area (Å²) in [6, 6.07) is -0.969. The number of ether oxygens (including phenoxy) is 6. The van der Waals surface area contributed by atoms with E-state index in [1.807, 2.05) is 6.08 Å². The summed E-state index contributed by atoms with van der Waals surface area (Å²) in [7, 11) is 0. The van der Waals surface area contributed by atoms with Crippen molar-refractivity contribution in [2.45, 2.75) is 420 Å². The number of aliphatic hydroxyl groups excluding tert-OH is 11. The number of carbonyl (C=O) groups is 1. The first-order valence-corrected chi connectivity index (χ1v) is 37.9. The Bertz CT molecular complexity index is 1720. The van der Waals surface area contributed by atoms with Crippen molar-refractivity contribution in [2.24, 2.45) is 0 Å². The minimum absolute atomic E-state index is 0.250. The van der Waals surface area contributed by atoms with Gasteiger partial charge >= 0.3 is 0 Å². The van der Waals surface area contributed by atoms with Crippen molar-refractivity contribution in [3.8, 4) is 0 Å². The van der Waals surface area contributed by atoms with E-state index in [1.165, 1.54) is 244 Å². The van der Waals surface area contributed by atoms with E-state index in [1.54, 1.807) is 6.08 Å². The van der Waals surface area contributed by atoms with E-state index in [0.717, 1.165) is 44.9 Å². The van der Waals surface area contributed by atoms with E-state index in [9.17, 15) is 61.0 Å². The molecule has 19 heteroatoms. The molecule has 0 aromatic rings. The molecule has 3 heterocycles. The van der Waals surface area contributed by atoms with Crippen molar-refractivity contribution in [1.29, 1.82) is 0 Å². The predicted molar refractivity (Wildman–Crippen MR) is 360 cm³/mol. The Hall–Kier alpha value is -1.47. The van der Waals surface area contributed by atoms with Crippen molar-refractivity contribution < 1.29 is 89.4 Å². The number of aliphatic hydroxyl groups is 11. The molecule has 3 saturated heterocycles. The van der Waals surface area contributed by atoms with Gasteiger partial charge in [0.25, 0.3) is 0 Å². The van der Waals surface area contributed by atoms with E-state index in [0.29, 0.717) is 6.42 Å². The Morgan fingerprint density at radius 1 is 0.380 bits per heavy atom. The fraction of sp³-hybridized carbons (Fsp3) is 0.959. The van der Waals surface area contributed by atoms with Crippen LogP contribution in [-0.4, -0.2) is 193 Å². The highest BCUT2D eigenvalue weighted by Gasteiger charge is 2.53. The molecule has 0 aromatic heterocycles. The van der Waals surface area contributed by atoms with Gasteiger partial charge in [0.15, 0.2) is 18.9 Å². The minimum Gasteiger partial charge on any atom is -0.394 e. The fourth-order valence-electron chi connectivity index (χ4n) is 13.2. The van der Waals surface area contributed by atoms with Crippen LogP contribution in [-0.2, 0) is 33.2 Å². The molecule has 3 fully saturated rings. The fourth-order valence-corrected chi connectivity index (χ4v) is 13.2. The summed E-state index contributed by atoms with van der Waals surface area (Å²) in [5, 5.41) is 121. The number of nitrogens with one attached hydrogen (secondary N) is 1. The number of allylic oxidation sites excluding steroid dienone is 1. The summed E-state index contributed by atoms with van der Waals surface area (Å²) >= 11 is 0. The molecule has 17 unspecified atom stereocenters. The molecule has 17 atom stereocenters. The van der Waals surface area contributed by atoms with E-state index in [-0.39, 0.29) is 18.9 Å². The molecule has 544 valence electrons. The van der Waals surface area contributed by atoms with E-state index >= 15 is 0 Å². The van der Waals surface area contributed by atoms with Crippen LogP contribution in [0.15, 0.2) is 12.2 Å². The van der Waals surface area contributed by atoms with Crippen molar-refractivity contribution in [2.75, 3.05) is 26.4 Å². The van der Waals surface area contributed by atoms with Gasteiger partial charge in [0, 0.05) is 6.42 Å². The third-order valence-corrected chi connectivity index (χ3v) is 19.3. The Morgan fingerprint density at radius 2 is 0.674 bits per heavy atom. The van der Waals surface area contributed by atoms with Gasteiger partial charge in [-0.05, 0) is 19.3 Å². The lowest BCUT2D eigenvalue weighted by molar-refractivity contribution is -0.379.